The Bertz CT molecular complexity index is 80.1. The molecule has 0 bridgehead atoms. The normalized spacial score (nSPS) is 14.1. The van der Waals surface area contributed by atoms with Gasteiger partial charge in [0.1, 0.15) is 0 Å². The molecule has 0 aromatic heterocycles. The van der Waals surface area contributed by atoms with Gasteiger partial charge < -0.3 is 10.2 Å². The van der Waals surface area contributed by atoms with Crippen molar-refractivity contribution < 1.29 is 10.2 Å². The monoisotopic (exact) mass is 165 g/mol. The number of hydrogen-bond acceptors (Lipinski definition) is 4. The quantitative estimate of drug-likeness (QED) is 0.498. The van der Waals surface area contributed by atoms with Crippen molar-refractivity contribution >= 4 is 12.8 Å². The third-order valence-corrected chi connectivity index (χ3v) is 1.45. The van der Waals surface area contributed by atoms with E-state index in [9.17, 15) is 0 Å². The summed E-state index contributed by atoms with van der Waals surface area (Å²) >= 11 is 4.00. The van der Waals surface area contributed by atoms with Gasteiger partial charge >= 0.3 is 0 Å². The van der Waals surface area contributed by atoms with E-state index in [-0.39, 0.29) is 12.7 Å². The lowest BCUT2D eigenvalue weighted by Gasteiger charge is -2.11. The summed E-state index contributed by atoms with van der Waals surface area (Å²) in [6.45, 7) is 0.793. The molecular weight excluding hydrogens is 150 g/mol. The van der Waals surface area contributed by atoms with Gasteiger partial charge in [0.15, 0.2) is 0 Å². The molecule has 0 aromatic rings. The summed E-state index contributed by atoms with van der Waals surface area (Å²) < 4.78 is 1.71. The molecule has 0 rings (SSSR count). The van der Waals surface area contributed by atoms with Gasteiger partial charge in [-0.1, -0.05) is 12.8 Å². The van der Waals surface area contributed by atoms with Crippen LogP contribution in [0.4, 0.5) is 0 Å². The van der Waals surface area contributed by atoms with E-state index in [1.807, 2.05) is 7.05 Å². The maximum absolute atomic E-state index is 9.08. The number of aliphatic hydroxyl groups is 2. The van der Waals surface area contributed by atoms with Gasteiger partial charge in [0.25, 0.3) is 0 Å². The van der Waals surface area contributed by atoms with Crippen LogP contribution in [0.15, 0.2) is 0 Å². The highest BCUT2D eigenvalue weighted by Gasteiger charge is 2.02. The first kappa shape index (κ1) is 10.2. The minimum atomic E-state index is -0.389. The van der Waals surface area contributed by atoms with E-state index in [2.05, 4.69) is 12.8 Å². The van der Waals surface area contributed by atoms with Crippen LogP contribution in [0.5, 0.6) is 0 Å². The Kier molecular flexibility index (Phi) is 6.11. The van der Waals surface area contributed by atoms with Crippen LogP contribution in [-0.2, 0) is 0 Å². The van der Waals surface area contributed by atoms with Gasteiger partial charge in [0, 0.05) is 13.2 Å². The summed E-state index contributed by atoms with van der Waals surface area (Å²) in [5, 5.41) is 17.5. The van der Waals surface area contributed by atoms with Crippen molar-refractivity contribution in [1.29, 1.82) is 0 Å². The molecule has 0 aliphatic carbocycles. The molecule has 3 nitrogen and oxygen atoms in total. The molecule has 0 aliphatic heterocycles. The summed E-state index contributed by atoms with van der Waals surface area (Å²) in [6.07, 6.45) is 0.738. The van der Waals surface area contributed by atoms with Crippen LogP contribution in [0.1, 0.15) is 12.8 Å². The number of rotatable bonds is 5. The van der Waals surface area contributed by atoms with E-state index in [1.54, 1.807) is 4.31 Å². The summed E-state index contributed by atoms with van der Waals surface area (Å²) in [5.41, 5.74) is 0. The average Bonchev–Trinajstić information content (AvgIpc) is 1.85. The van der Waals surface area contributed by atoms with E-state index in [0.717, 1.165) is 6.54 Å². The average molecular weight is 165 g/mol. The molecule has 10 heavy (non-hydrogen) atoms. The largest absolute Gasteiger partial charge is 0.396 e. The van der Waals surface area contributed by atoms with Crippen LogP contribution < -0.4 is 0 Å². The maximum Gasteiger partial charge on any atom is 0.0574 e. The van der Waals surface area contributed by atoms with E-state index >= 15 is 0 Å². The number of hydrogen-bond donors (Lipinski definition) is 3. The summed E-state index contributed by atoms with van der Waals surface area (Å²) in [4.78, 5) is 0. The van der Waals surface area contributed by atoms with Crippen LogP contribution in [0.2, 0.25) is 0 Å². The SMILES string of the molecule is CN(S)CCC(O)CCO. The van der Waals surface area contributed by atoms with Gasteiger partial charge in [-0.15, -0.1) is 0 Å². The molecule has 1 atom stereocenters. The Morgan fingerprint density at radius 2 is 2.10 bits per heavy atom. The highest BCUT2D eigenvalue weighted by atomic mass is 32.1. The van der Waals surface area contributed by atoms with Gasteiger partial charge in [0.2, 0.25) is 0 Å². The molecule has 0 fully saturated rings. The van der Waals surface area contributed by atoms with E-state index in [0.29, 0.717) is 12.8 Å². The predicted molar refractivity (Wildman–Crippen MR) is 43.9 cm³/mol. The van der Waals surface area contributed by atoms with Crippen LogP contribution in [-0.4, -0.2) is 40.8 Å². The van der Waals surface area contributed by atoms with Gasteiger partial charge in [0.05, 0.1) is 6.10 Å². The molecule has 0 saturated heterocycles. The van der Waals surface area contributed by atoms with Crippen molar-refractivity contribution in [2.75, 3.05) is 20.2 Å². The first-order chi connectivity index (χ1) is 4.66. The predicted octanol–water partition coefficient (Wildman–Crippen LogP) is -0.104. The number of aliphatic hydroxyl groups excluding tert-OH is 2. The topological polar surface area (TPSA) is 43.7 Å². The van der Waals surface area contributed by atoms with Crippen LogP contribution in [0.25, 0.3) is 0 Å². The molecule has 0 aliphatic rings. The minimum absolute atomic E-state index is 0.0530. The first-order valence-electron chi connectivity index (χ1n) is 3.35. The van der Waals surface area contributed by atoms with Crippen LogP contribution >= 0.6 is 12.8 Å². The molecule has 0 radical (unpaired) electrons. The van der Waals surface area contributed by atoms with Crippen molar-refractivity contribution in [2.45, 2.75) is 18.9 Å². The second-order valence-electron chi connectivity index (χ2n) is 2.34. The van der Waals surface area contributed by atoms with Gasteiger partial charge in [-0.2, -0.15) is 0 Å². The van der Waals surface area contributed by atoms with E-state index in [1.165, 1.54) is 0 Å². The van der Waals surface area contributed by atoms with E-state index < -0.39 is 0 Å². The fourth-order valence-electron chi connectivity index (χ4n) is 0.629. The lowest BCUT2D eigenvalue weighted by molar-refractivity contribution is 0.121. The molecule has 4 heteroatoms. The molecule has 0 spiro atoms. The standard InChI is InChI=1S/C6H15NO2S/c1-7(10)4-2-6(9)3-5-8/h6,8-10H,2-5H2,1H3. The zero-order chi connectivity index (χ0) is 7.98. The van der Waals surface area contributed by atoms with Crippen molar-refractivity contribution in [3.05, 3.63) is 0 Å². The molecular formula is C6H15NO2S. The molecule has 62 valence electrons. The Labute approximate surface area is 67.2 Å². The Morgan fingerprint density at radius 3 is 2.50 bits per heavy atom. The minimum Gasteiger partial charge on any atom is -0.396 e. The van der Waals surface area contributed by atoms with Crippen molar-refractivity contribution in [1.82, 2.24) is 4.31 Å². The Morgan fingerprint density at radius 1 is 1.50 bits per heavy atom. The third kappa shape index (κ3) is 6.35. The summed E-state index contributed by atoms with van der Waals surface area (Å²) in [7, 11) is 1.83. The zero-order valence-electron chi connectivity index (χ0n) is 6.19. The van der Waals surface area contributed by atoms with Gasteiger partial charge in [-0.25, -0.2) is 0 Å². The molecule has 1 unspecified atom stereocenters. The van der Waals surface area contributed by atoms with Gasteiger partial charge in [-0.05, 0) is 19.9 Å². The highest BCUT2D eigenvalue weighted by molar-refractivity contribution is 7.77. The fourth-order valence-corrected chi connectivity index (χ4v) is 0.745. The molecule has 0 saturated carbocycles. The Balaban J connectivity index is 3.12. The zero-order valence-corrected chi connectivity index (χ0v) is 7.09. The van der Waals surface area contributed by atoms with E-state index in [4.69, 9.17) is 10.2 Å². The Hall–Kier alpha value is 0.230. The van der Waals surface area contributed by atoms with Crippen LogP contribution in [0.3, 0.4) is 0 Å². The van der Waals surface area contributed by atoms with Crippen molar-refractivity contribution in [3.8, 4) is 0 Å². The van der Waals surface area contributed by atoms with Crippen molar-refractivity contribution in [2.24, 2.45) is 0 Å². The number of nitrogens with zero attached hydrogens (tertiary/aromatic N) is 1. The second kappa shape index (κ2) is 5.97. The maximum atomic E-state index is 9.08. The fraction of sp³-hybridized carbons (Fsp3) is 1.00. The highest BCUT2D eigenvalue weighted by Crippen LogP contribution is 1.99. The smallest absolute Gasteiger partial charge is 0.0574 e. The molecule has 2 N–H and O–H groups in total. The lowest BCUT2D eigenvalue weighted by Crippen LogP contribution is -2.16. The lowest BCUT2D eigenvalue weighted by atomic mass is 10.2. The van der Waals surface area contributed by atoms with Crippen molar-refractivity contribution in [3.63, 3.8) is 0 Å². The molecule has 0 aromatic carbocycles. The van der Waals surface area contributed by atoms with Gasteiger partial charge in [-0.3, -0.25) is 4.31 Å². The molecule has 0 heterocycles. The third-order valence-electron chi connectivity index (χ3n) is 1.25. The van der Waals surface area contributed by atoms with Crippen LogP contribution in [0, 0.1) is 0 Å². The summed E-state index contributed by atoms with van der Waals surface area (Å²) in [6, 6.07) is 0. The molecule has 0 amide bonds. The first-order valence-corrected chi connectivity index (χ1v) is 3.75. The number of thiol groups is 1. The second-order valence-corrected chi connectivity index (χ2v) is 3.02. The summed E-state index contributed by atoms with van der Waals surface area (Å²) in [5.74, 6) is 0.